The predicted octanol–water partition coefficient (Wildman–Crippen LogP) is 3.27. The summed E-state index contributed by atoms with van der Waals surface area (Å²) < 4.78 is 5.91. The number of nitro benzene ring substituents is 1. The van der Waals surface area contributed by atoms with Gasteiger partial charge in [-0.3, -0.25) is 14.9 Å². The molecule has 1 amide bonds. The molecular weight excluding hydrogens is 332 g/mol. The van der Waals surface area contributed by atoms with E-state index in [1.165, 1.54) is 25.1 Å². The maximum atomic E-state index is 12.2. The van der Waals surface area contributed by atoms with Gasteiger partial charge in [0.1, 0.15) is 4.88 Å². The standard InChI is InChI=1S/C16H18N2O5S/c1-9(14(19)17-16(2,3)4)23-15(20)13-8-10-7-11(18(21)22)5-6-12(10)24-13/h5-9H,1-4H3,(H,17,19)/t9-/m1/s1. The minimum atomic E-state index is -0.934. The molecule has 0 aliphatic rings. The first-order valence-electron chi connectivity index (χ1n) is 7.28. The summed E-state index contributed by atoms with van der Waals surface area (Å²) in [5.74, 6) is -1.01. The summed E-state index contributed by atoms with van der Waals surface area (Å²) in [5.41, 5.74) is -0.466. The minimum absolute atomic E-state index is 0.0434. The highest BCUT2D eigenvalue weighted by Gasteiger charge is 2.24. The molecule has 128 valence electrons. The Kier molecular flexibility index (Phi) is 4.88. The predicted molar refractivity (Wildman–Crippen MR) is 91.3 cm³/mol. The van der Waals surface area contributed by atoms with E-state index in [0.29, 0.717) is 10.3 Å². The van der Waals surface area contributed by atoms with Crippen molar-refractivity contribution in [3.05, 3.63) is 39.3 Å². The van der Waals surface area contributed by atoms with E-state index in [-0.39, 0.29) is 11.6 Å². The topological polar surface area (TPSA) is 98.5 Å². The number of esters is 1. The number of fused-ring (bicyclic) bond motifs is 1. The highest BCUT2D eigenvalue weighted by atomic mass is 32.1. The van der Waals surface area contributed by atoms with Crippen LogP contribution in [0.15, 0.2) is 24.3 Å². The van der Waals surface area contributed by atoms with Crippen molar-refractivity contribution in [2.24, 2.45) is 0 Å². The van der Waals surface area contributed by atoms with Gasteiger partial charge in [0.25, 0.3) is 11.6 Å². The van der Waals surface area contributed by atoms with E-state index in [9.17, 15) is 19.7 Å². The van der Waals surface area contributed by atoms with Crippen molar-refractivity contribution in [1.29, 1.82) is 0 Å². The molecule has 0 spiro atoms. The molecule has 24 heavy (non-hydrogen) atoms. The van der Waals surface area contributed by atoms with Crippen LogP contribution in [0.4, 0.5) is 5.69 Å². The van der Waals surface area contributed by atoms with Crippen molar-refractivity contribution >= 4 is 39.0 Å². The van der Waals surface area contributed by atoms with Crippen molar-refractivity contribution < 1.29 is 19.2 Å². The minimum Gasteiger partial charge on any atom is -0.448 e. The summed E-state index contributed by atoms with van der Waals surface area (Å²) in [6.45, 7) is 6.99. The molecule has 2 aromatic rings. The van der Waals surface area contributed by atoms with Crippen LogP contribution in [0.1, 0.15) is 37.4 Å². The second kappa shape index (κ2) is 6.56. The molecule has 0 aliphatic heterocycles. The number of hydrogen-bond acceptors (Lipinski definition) is 6. The molecule has 7 nitrogen and oxygen atoms in total. The largest absolute Gasteiger partial charge is 0.448 e. The van der Waals surface area contributed by atoms with E-state index in [1.54, 1.807) is 6.07 Å². The van der Waals surface area contributed by atoms with Gasteiger partial charge in [0, 0.05) is 27.8 Å². The average molecular weight is 350 g/mol. The Morgan fingerprint density at radius 3 is 2.54 bits per heavy atom. The zero-order valence-electron chi connectivity index (χ0n) is 13.8. The van der Waals surface area contributed by atoms with Crippen LogP contribution in [0.2, 0.25) is 0 Å². The number of carbonyl (C=O) groups excluding carboxylic acids is 2. The highest BCUT2D eigenvalue weighted by Crippen LogP contribution is 2.29. The van der Waals surface area contributed by atoms with Crippen LogP contribution in [-0.4, -0.2) is 28.4 Å². The van der Waals surface area contributed by atoms with Gasteiger partial charge in [-0.2, -0.15) is 0 Å². The fourth-order valence-electron chi connectivity index (χ4n) is 1.99. The van der Waals surface area contributed by atoms with Gasteiger partial charge < -0.3 is 10.1 Å². The lowest BCUT2D eigenvalue weighted by Gasteiger charge is -2.23. The number of hydrogen-bond donors (Lipinski definition) is 1. The third-order valence-electron chi connectivity index (χ3n) is 3.06. The number of ether oxygens (including phenoxy) is 1. The molecule has 1 N–H and O–H groups in total. The molecule has 0 aliphatic carbocycles. The lowest BCUT2D eigenvalue weighted by molar-refractivity contribution is -0.384. The number of thiophene rings is 1. The number of nitrogens with one attached hydrogen (secondary N) is 1. The normalized spacial score (nSPS) is 12.7. The Balaban J connectivity index is 2.13. The summed E-state index contributed by atoms with van der Waals surface area (Å²) in [6, 6.07) is 5.90. The van der Waals surface area contributed by atoms with E-state index in [4.69, 9.17) is 4.74 Å². The van der Waals surface area contributed by atoms with Gasteiger partial charge in [-0.1, -0.05) is 0 Å². The molecule has 8 heteroatoms. The summed E-state index contributed by atoms with van der Waals surface area (Å²) >= 11 is 1.16. The molecule has 0 radical (unpaired) electrons. The maximum absolute atomic E-state index is 12.2. The van der Waals surface area contributed by atoms with Crippen LogP contribution in [-0.2, 0) is 9.53 Å². The van der Waals surface area contributed by atoms with Gasteiger partial charge in [0.05, 0.1) is 4.92 Å². The van der Waals surface area contributed by atoms with Crippen LogP contribution in [0.25, 0.3) is 10.1 Å². The molecule has 1 atom stereocenters. The highest BCUT2D eigenvalue weighted by molar-refractivity contribution is 7.20. The van der Waals surface area contributed by atoms with E-state index < -0.39 is 22.5 Å². The molecule has 0 saturated heterocycles. The van der Waals surface area contributed by atoms with Crippen LogP contribution in [0.5, 0.6) is 0 Å². The Labute approximate surface area is 142 Å². The summed E-state index contributed by atoms with van der Waals surface area (Å²) in [5, 5.41) is 14.1. The Bertz CT molecular complexity index is 806. The first-order chi connectivity index (χ1) is 11.1. The number of benzene rings is 1. The summed E-state index contributed by atoms with van der Waals surface area (Å²) in [4.78, 5) is 34.7. The molecule has 1 heterocycles. The number of rotatable bonds is 4. The summed E-state index contributed by atoms with van der Waals surface area (Å²) in [6.07, 6.45) is -0.934. The van der Waals surface area contributed by atoms with Gasteiger partial charge in [0.2, 0.25) is 0 Å². The van der Waals surface area contributed by atoms with E-state index >= 15 is 0 Å². The lowest BCUT2D eigenvalue weighted by Crippen LogP contribution is -2.46. The monoisotopic (exact) mass is 350 g/mol. The quantitative estimate of drug-likeness (QED) is 0.518. The molecule has 0 saturated carbocycles. The van der Waals surface area contributed by atoms with Crippen molar-refractivity contribution in [2.75, 3.05) is 0 Å². The van der Waals surface area contributed by atoms with Crippen LogP contribution in [0.3, 0.4) is 0 Å². The molecule has 1 aromatic carbocycles. The van der Waals surface area contributed by atoms with E-state index in [1.807, 2.05) is 20.8 Å². The fourth-order valence-corrected chi connectivity index (χ4v) is 2.91. The van der Waals surface area contributed by atoms with E-state index in [0.717, 1.165) is 16.0 Å². The number of nitrogens with zero attached hydrogens (tertiary/aromatic N) is 1. The van der Waals surface area contributed by atoms with Gasteiger partial charge in [-0.15, -0.1) is 11.3 Å². The molecule has 0 fully saturated rings. The van der Waals surface area contributed by atoms with Crippen molar-refractivity contribution in [2.45, 2.75) is 39.3 Å². The van der Waals surface area contributed by atoms with Crippen LogP contribution < -0.4 is 5.32 Å². The van der Waals surface area contributed by atoms with Gasteiger partial charge in [0.15, 0.2) is 6.10 Å². The van der Waals surface area contributed by atoms with E-state index in [2.05, 4.69) is 5.32 Å². The van der Waals surface area contributed by atoms with Gasteiger partial charge >= 0.3 is 5.97 Å². The second-order valence-corrected chi connectivity index (χ2v) is 7.46. The number of nitro groups is 1. The number of carbonyl (C=O) groups is 2. The van der Waals surface area contributed by atoms with Gasteiger partial charge in [-0.25, -0.2) is 4.79 Å². The van der Waals surface area contributed by atoms with Crippen molar-refractivity contribution in [3.63, 3.8) is 0 Å². The number of non-ortho nitro benzene ring substituents is 1. The summed E-state index contributed by atoms with van der Waals surface area (Å²) in [7, 11) is 0. The zero-order valence-corrected chi connectivity index (χ0v) is 14.6. The fraction of sp³-hybridized carbons (Fsp3) is 0.375. The first kappa shape index (κ1) is 17.9. The first-order valence-corrected chi connectivity index (χ1v) is 8.09. The molecule has 2 rings (SSSR count). The molecular formula is C16H18N2O5S. The Morgan fingerprint density at radius 1 is 1.29 bits per heavy atom. The molecule has 0 bridgehead atoms. The number of amides is 1. The SMILES string of the molecule is C[C@@H](OC(=O)c1cc2cc([N+](=O)[O-])ccc2s1)C(=O)NC(C)(C)C. The third-order valence-corrected chi connectivity index (χ3v) is 4.16. The molecule has 1 aromatic heterocycles. The maximum Gasteiger partial charge on any atom is 0.349 e. The van der Waals surface area contributed by atoms with Crippen molar-refractivity contribution in [3.8, 4) is 0 Å². The Hall–Kier alpha value is -2.48. The third kappa shape index (κ3) is 4.29. The van der Waals surface area contributed by atoms with Crippen LogP contribution in [0, 0.1) is 10.1 Å². The molecule has 0 unspecified atom stereocenters. The smallest absolute Gasteiger partial charge is 0.349 e. The Morgan fingerprint density at radius 2 is 1.96 bits per heavy atom. The van der Waals surface area contributed by atoms with Gasteiger partial charge in [-0.05, 0) is 39.8 Å². The second-order valence-electron chi connectivity index (χ2n) is 6.38. The lowest BCUT2D eigenvalue weighted by atomic mass is 10.1. The zero-order chi connectivity index (χ0) is 18.1. The van der Waals surface area contributed by atoms with Crippen LogP contribution >= 0.6 is 11.3 Å². The van der Waals surface area contributed by atoms with Crippen molar-refractivity contribution in [1.82, 2.24) is 5.32 Å². The average Bonchev–Trinajstić information content (AvgIpc) is 2.88.